The highest BCUT2D eigenvalue weighted by molar-refractivity contribution is 14.0. The number of rotatable bonds is 6. The van der Waals surface area contributed by atoms with E-state index in [9.17, 15) is 0 Å². The Morgan fingerprint density at radius 2 is 1.96 bits per heavy atom. The molecule has 28 heavy (non-hydrogen) atoms. The van der Waals surface area contributed by atoms with Crippen molar-refractivity contribution in [2.75, 3.05) is 6.54 Å². The molecule has 0 aliphatic carbocycles. The number of nitrogens with zero attached hydrogens (tertiary/aromatic N) is 4. The molecule has 0 aliphatic rings. The number of fused-ring (bicyclic) bond motifs is 1. The number of benzene rings is 2. The van der Waals surface area contributed by atoms with E-state index in [-0.39, 0.29) is 30.0 Å². The first-order chi connectivity index (χ1) is 13.1. The van der Waals surface area contributed by atoms with E-state index in [0.29, 0.717) is 13.1 Å². The van der Waals surface area contributed by atoms with Crippen LogP contribution in [0.5, 0.6) is 0 Å². The standard InChI is InChI=1S/C21H26N6.HI/c1-5-12-22-21(23-14-20-26-25-16(3)27(20)4)24-15(2)18-11-10-17-8-6-7-9-19(17)13-18;/h5-11,13,15H,1,12,14H2,2-4H3,(H2,22,23,24);1H. The van der Waals surface area contributed by atoms with E-state index >= 15 is 0 Å². The van der Waals surface area contributed by atoms with Gasteiger partial charge >= 0.3 is 0 Å². The van der Waals surface area contributed by atoms with E-state index in [0.717, 1.165) is 17.6 Å². The van der Waals surface area contributed by atoms with Gasteiger partial charge in [-0.05, 0) is 36.2 Å². The van der Waals surface area contributed by atoms with Gasteiger partial charge in [0.1, 0.15) is 12.4 Å². The first-order valence-electron chi connectivity index (χ1n) is 9.08. The fourth-order valence-corrected chi connectivity index (χ4v) is 2.83. The Kier molecular flexibility index (Phi) is 7.98. The Labute approximate surface area is 183 Å². The van der Waals surface area contributed by atoms with Crippen molar-refractivity contribution in [1.29, 1.82) is 0 Å². The highest BCUT2D eigenvalue weighted by Crippen LogP contribution is 2.20. The molecule has 0 amide bonds. The third kappa shape index (κ3) is 5.31. The second-order valence-electron chi connectivity index (χ2n) is 6.53. The van der Waals surface area contributed by atoms with Gasteiger partial charge in [0.15, 0.2) is 11.8 Å². The summed E-state index contributed by atoms with van der Waals surface area (Å²) in [5, 5.41) is 17.5. The molecule has 148 valence electrons. The molecule has 2 N–H and O–H groups in total. The summed E-state index contributed by atoms with van der Waals surface area (Å²) in [6.45, 7) is 8.91. The maximum absolute atomic E-state index is 4.66. The number of aromatic nitrogens is 3. The van der Waals surface area contributed by atoms with Crippen molar-refractivity contribution >= 4 is 40.7 Å². The third-order valence-corrected chi connectivity index (χ3v) is 4.60. The predicted molar refractivity (Wildman–Crippen MR) is 126 cm³/mol. The molecule has 0 saturated heterocycles. The van der Waals surface area contributed by atoms with Crippen LogP contribution in [-0.2, 0) is 13.6 Å². The average molecular weight is 490 g/mol. The summed E-state index contributed by atoms with van der Waals surface area (Å²) < 4.78 is 1.95. The van der Waals surface area contributed by atoms with Gasteiger partial charge in [-0.3, -0.25) is 0 Å². The average Bonchev–Trinajstić information content (AvgIpc) is 3.01. The minimum absolute atomic E-state index is 0. The van der Waals surface area contributed by atoms with E-state index < -0.39 is 0 Å². The van der Waals surface area contributed by atoms with Gasteiger partial charge in [-0.2, -0.15) is 0 Å². The van der Waals surface area contributed by atoms with Crippen LogP contribution in [0.4, 0.5) is 0 Å². The zero-order valence-electron chi connectivity index (χ0n) is 16.5. The fraction of sp³-hybridized carbons (Fsp3) is 0.286. The maximum atomic E-state index is 4.66. The van der Waals surface area contributed by atoms with Crippen LogP contribution in [0.15, 0.2) is 60.1 Å². The van der Waals surface area contributed by atoms with Gasteiger partial charge in [0.25, 0.3) is 0 Å². The SMILES string of the molecule is C=CCNC(=NCc1nnc(C)n1C)NC(C)c1ccc2ccccc2c1.I. The summed E-state index contributed by atoms with van der Waals surface area (Å²) in [6, 6.07) is 15.0. The maximum Gasteiger partial charge on any atom is 0.192 e. The molecule has 1 unspecified atom stereocenters. The first-order valence-corrected chi connectivity index (χ1v) is 9.08. The minimum atomic E-state index is 0. The molecule has 0 saturated carbocycles. The van der Waals surface area contributed by atoms with Crippen LogP contribution in [0.1, 0.15) is 30.2 Å². The number of aliphatic imine (C=N–C) groups is 1. The lowest BCUT2D eigenvalue weighted by Crippen LogP contribution is -2.39. The number of hydrogen-bond donors (Lipinski definition) is 2. The summed E-state index contributed by atoms with van der Waals surface area (Å²) in [5.41, 5.74) is 1.20. The summed E-state index contributed by atoms with van der Waals surface area (Å²) in [6.07, 6.45) is 1.81. The van der Waals surface area contributed by atoms with E-state index in [1.807, 2.05) is 24.6 Å². The Balaban J connectivity index is 0.00000280. The first kappa shape index (κ1) is 21.9. The molecule has 1 heterocycles. The second-order valence-corrected chi connectivity index (χ2v) is 6.53. The van der Waals surface area contributed by atoms with Crippen LogP contribution < -0.4 is 10.6 Å². The van der Waals surface area contributed by atoms with Crippen LogP contribution in [0.3, 0.4) is 0 Å². The Morgan fingerprint density at radius 3 is 2.64 bits per heavy atom. The Hall–Kier alpha value is -2.42. The van der Waals surface area contributed by atoms with Gasteiger partial charge in [-0.1, -0.05) is 42.5 Å². The van der Waals surface area contributed by atoms with Crippen molar-refractivity contribution in [3.05, 3.63) is 72.3 Å². The van der Waals surface area contributed by atoms with E-state index in [1.54, 1.807) is 0 Å². The van der Waals surface area contributed by atoms with Crippen molar-refractivity contribution < 1.29 is 0 Å². The largest absolute Gasteiger partial charge is 0.353 e. The second kappa shape index (κ2) is 10.2. The van der Waals surface area contributed by atoms with E-state index in [1.165, 1.54) is 16.3 Å². The summed E-state index contributed by atoms with van der Waals surface area (Å²) in [7, 11) is 1.95. The molecule has 7 heteroatoms. The molecule has 0 radical (unpaired) electrons. The van der Waals surface area contributed by atoms with Crippen molar-refractivity contribution in [3.63, 3.8) is 0 Å². The van der Waals surface area contributed by atoms with Gasteiger partial charge in [0.05, 0.1) is 6.04 Å². The van der Waals surface area contributed by atoms with Gasteiger partial charge in [0.2, 0.25) is 0 Å². The van der Waals surface area contributed by atoms with Crippen molar-refractivity contribution in [2.24, 2.45) is 12.0 Å². The third-order valence-electron chi connectivity index (χ3n) is 4.60. The van der Waals surface area contributed by atoms with E-state index in [4.69, 9.17) is 0 Å². The quantitative estimate of drug-likeness (QED) is 0.238. The molecule has 0 fully saturated rings. The zero-order valence-corrected chi connectivity index (χ0v) is 18.8. The van der Waals surface area contributed by atoms with Crippen LogP contribution in [0.2, 0.25) is 0 Å². The van der Waals surface area contributed by atoms with Crippen LogP contribution >= 0.6 is 24.0 Å². The van der Waals surface area contributed by atoms with Crippen molar-refractivity contribution in [3.8, 4) is 0 Å². The van der Waals surface area contributed by atoms with Crippen LogP contribution in [0.25, 0.3) is 10.8 Å². The van der Waals surface area contributed by atoms with Gasteiger partial charge in [-0.15, -0.1) is 40.8 Å². The number of hydrogen-bond acceptors (Lipinski definition) is 3. The number of halogens is 1. The minimum Gasteiger partial charge on any atom is -0.353 e. The molecule has 0 spiro atoms. The molecule has 1 atom stereocenters. The highest BCUT2D eigenvalue weighted by Gasteiger charge is 2.10. The predicted octanol–water partition coefficient (Wildman–Crippen LogP) is 3.88. The lowest BCUT2D eigenvalue weighted by molar-refractivity contribution is 0.685. The van der Waals surface area contributed by atoms with Gasteiger partial charge in [-0.25, -0.2) is 4.99 Å². The van der Waals surface area contributed by atoms with Gasteiger partial charge < -0.3 is 15.2 Å². The molecule has 0 aliphatic heterocycles. The molecule has 6 nitrogen and oxygen atoms in total. The molecule has 3 aromatic rings. The highest BCUT2D eigenvalue weighted by atomic mass is 127. The van der Waals surface area contributed by atoms with Crippen molar-refractivity contribution in [1.82, 2.24) is 25.4 Å². The summed E-state index contributed by atoms with van der Waals surface area (Å²) in [5.74, 6) is 2.42. The van der Waals surface area contributed by atoms with Crippen molar-refractivity contribution in [2.45, 2.75) is 26.4 Å². The molecule has 2 aromatic carbocycles. The van der Waals surface area contributed by atoms with Crippen LogP contribution in [-0.4, -0.2) is 27.3 Å². The normalized spacial score (nSPS) is 12.3. The molecular weight excluding hydrogens is 463 g/mol. The molecule has 1 aromatic heterocycles. The molecular formula is C21H27IN6. The zero-order chi connectivity index (χ0) is 19.2. The number of aryl methyl sites for hydroxylation is 1. The summed E-state index contributed by atoms with van der Waals surface area (Å²) >= 11 is 0. The topological polar surface area (TPSA) is 67.1 Å². The smallest absolute Gasteiger partial charge is 0.192 e. The van der Waals surface area contributed by atoms with E-state index in [2.05, 4.69) is 81.8 Å². The Morgan fingerprint density at radius 1 is 1.21 bits per heavy atom. The number of guanidine groups is 1. The Bertz CT molecular complexity index is 962. The summed E-state index contributed by atoms with van der Waals surface area (Å²) in [4.78, 5) is 4.66. The lowest BCUT2D eigenvalue weighted by atomic mass is 10.0. The monoisotopic (exact) mass is 490 g/mol. The number of nitrogens with one attached hydrogen (secondary N) is 2. The lowest BCUT2D eigenvalue weighted by Gasteiger charge is -2.18. The molecule has 3 rings (SSSR count). The molecule has 0 bridgehead atoms. The van der Waals surface area contributed by atoms with Gasteiger partial charge in [0, 0.05) is 13.6 Å². The fourth-order valence-electron chi connectivity index (χ4n) is 2.83. The van der Waals surface area contributed by atoms with Crippen LogP contribution in [0, 0.1) is 6.92 Å².